The lowest BCUT2D eigenvalue weighted by Gasteiger charge is -2.26. The van der Waals surface area contributed by atoms with Crippen molar-refractivity contribution in [3.05, 3.63) is 21.9 Å². The molecule has 0 spiro atoms. The molecule has 1 aliphatic heterocycles. The topological polar surface area (TPSA) is 29.5 Å². The highest BCUT2D eigenvalue weighted by Gasteiger charge is 2.09. The van der Waals surface area contributed by atoms with Crippen LogP contribution < -0.4 is 0 Å². The molecular formula is C12H17NO2S. The molecule has 16 heavy (non-hydrogen) atoms. The highest BCUT2D eigenvalue weighted by atomic mass is 32.1. The Morgan fingerprint density at radius 1 is 1.38 bits per heavy atom. The smallest absolute Gasteiger partial charge is 0.160 e. The van der Waals surface area contributed by atoms with E-state index in [9.17, 15) is 4.79 Å². The number of thiophene rings is 1. The van der Waals surface area contributed by atoms with Crippen molar-refractivity contribution in [2.75, 3.05) is 32.8 Å². The van der Waals surface area contributed by atoms with Crippen molar-refractivity contribution in [2.24, 2.45) is 0 Å². The monoisotopic (exact) mass is 239 g/mol. The van der Waals surface area contributed by atoms with Crippen LogP contribution in [0.4, 0.5) is 0 Å². The first-order valence-corrected chi connectivity index (χ1v) is 6.54. The van der Waals surface area contributed by atoms with Gasteiger partial charge in [-0.3, -0.25) is 9.69 Å². The summed E-state index contributed by atoms with van der Waals surface area (Å²) in [6.07, 6.45) is 3.17. The minimum Gasteiger partial charge on any atom is -0.379 e. The molecule has 1 aromatic heterocycles. The molecule has 0 aromatic carbocycles. The van der Waals surface area contributed by atoms with E-state index in [1.54, 1.807) is 11.3 Å². The van der Waals surface area contributed by atoms with Gasteiger partial charge in [-0.25, -0.2) is 0 Å². The fraction of sp³-hybridized carbons (Fsp3) is 0.583. The normalized spacial score (nSPS) is 17.5. The highest BCUT2D eigenvalue weighted by Crippen LogP contribution is 2.16. The number of morpholine rings is 1. The quantitative estimate of drug-likeness (QED) is 0.734. The summed E-state index contributed by atoms with van der Waals surface area (Å²) >= 11 is 1.61. The van der Waals surface area contributed by atoms with Crippen molar-refractivity contribution in [1.29, 1.82) is 0 Å². The van der Waals surface area contributed by atoms with Crippen LogP contribution in [0.5, 0.6) is 0 Å². The van der Waals surface area contributed by atoms with Crippen molar-refractivity contribution >= 4 is 17.6 Å². The lowest BCUT2D eigenvalue weighted by molar-refractivity contribution is 0.0375. The van der Waals surface area contributed by atoms with E-state index in [2.05, 4.69) is 11.0 Å². The highest BCUT2D eigenvalue weighted by molar-refractivity contribution is 7.13. The average Bonchev–Trinajstić information content (AvgIpc) is 2.78. The van der Waals surface area contributed by atoms with E-state index in [0.29, 0.717) is 0 Å². The second kappa shape index (κ2) is 6.13. The van der Waals surface area contributed by atoms with Gasteiger partial charge < -0.3 is 4.74 Å². The molecule has 0 radical (unpaired) electrons. The standard InChI is InChI=1S/C12H17NO2S/c14-10-12-4-3-11(16-12)2-1-5-13-6-8-15-9-7-13/h3-4,10H,1-2,5-9H2. The molecule has 0 saturated carbocycles. The second-order valence-corrected chi connectivity index (χ2v) is 5.18. The molecule has 2 rings (SSSR count). The summed E-state index contributed by atoms with van der Waals surface area (Å²) in [5.74, 6) is 0. The molecule has 0 aliphatic carbocycles. The number of carbonyl (C=O) groups excluding carboxylic acids is 1. The van der Waals surface area contributed by atoms with Crippen LogP contribution in [0.25, 0.3) is 0 Å². The molecule has 1 aromatic rings. The Balaban J connectivity index is 1.68. The number of hydrogen-bond donors (Lipinski definition) is 0. The molecule has 1 fully saturated rings. The van der Waals surface area contributed by atoms with Crippen molar-refractivity contribution in [1.82, 2.24) is 4.90 Å². The van der Waals surface area contributed by atoms with Crippen LogP contribution in [0.1, 0.15) is 21.0 Å². The average molecular weight is 239 g/mol. The molecule has 4 heteroatoms. The van der Waals surface area contributed by atoms with Gasteiger partial charge in [-0.15, -0.1) is 11.3 Å². The number of aryl methyl sites for hydroxylation is 1. The minimum atomic E-state index is 0.835. The lowest BCUT2D eigenvalue weighted by atomic mass is 10.2. The molecule has 2 heterocycles. The summed E-state index contributed by atoms with van der Waals surface area (Å²) in [4.78, 5) is 15.1. The van der Waals surface area contributed by atoms with Crippen LogP contribution in [0.3, 0.4) is 0 Å². The Kier molecular flexibility index (Phi) is 4.51. The first-order chi connectivity index (χ1) is 7.88. The van der Waals surface area contributed by atoms with Crippen LogP contribution in [-0.2, 0) is 11.2 Å². The molecule has 88 valence electrons. The van der Waals surface area contributed by atoms with Gasteiger partial charge in [0, 0.05) is 18.0 Å². The third-order valence-electron chi connectivity index (χ3n) is 2.80. The Hall–Kier alpha value is -0.710. The van der Waals surface area contributed by atoms with Crippen LogP contribution >= 0.6 is 11.3 Å². The van der Waals surface area contributed by atoms with Crippen LogP contribution in [0.15, 0.2) is 12.1 Å². The number of nitrogens with zero attached hydrogens (tertiary/aromatic N) is 1. The van der Waals surface area contributed by atoms with Crippen molar-refractivity contribution in [2.45, 2.75) is 12.8 Å². The number of ether oxygens (including phenoxy) is 1. The number of aldehydes is 1. The molecule has 0 atom stereocenters. The van der Waals surface area contributed by atoms with E-state index in [4.69, 9.17) is 4.74 Å². The van der Waals surface area contributed by atoms with E-state index in [0.717, 1.165) is 50.4 Å². The summed E-state index contributed by atoms with van der Waals surface area (Å²) in [6.45, 7) is 4.99. The maximum absolute atomic E-state index is 10.5. The van der Waals surface area contributed by atoms with Crippen molar-refractivity contribution in [3.8, 4) is 0 Å². The molecule has 3 nitrogen and oxygen atoms in total. The van der Waals surface area contributed by atoms with E-state index < -0.39 is 0 Å². The molecule has 1 saturated heterocycles. The zero-order valence-corrected chi connectivity index (χ0v) is 10.2. The van der Waals surface area contributed by atoms with Gasteiger partial charge >= 0.3 is 0 Å². The van der Waals surface area contributed by atoms with Crippen molar-refractivity contribution in [3.63, 3.8) is 0 Å². The van der Waals surface area contributed by atoms with E-state index in [1.165, 1.54) is 11.3 Å². The Morgan fingerprint density at radius 2 is 2.19 bits per heavy atom. The Morgan fingerprint density at radius 3 is 2.88 bits per heavy atom. The third kappa shape index (κ3) is 3.40. The summed E-state index contributed by atoms with van der Waals surface area (Å²) < 4.78 is 5.30. The van der Waals surface area contributed by atoms with Gasteiger partial charge in [-0.05, 0) is 31.5 Å². The summed E-state index contributed by atoms with van der Waals surface area (Å²) in [5.41, 5.74) is 0. The van der Waals surface area contributed by atoms with Gasteiger partial charge in [0.2, 0.25) is 0 Å². The molecular weight excluding hydrogens is 222 g/mol. The predicted octanol–water partition coefficient (Wildman–Crippen LogP) is 1.83. The Bertz CT molecular complexity index is 332. The summed E-state index contributed by atoms with van der Waals surface area (Å²) in [6, 6.07) is 3.97. The van der Waals surface area contributed by atoms with Gasteiger partial charge in [0.25, 0.3) is 0 Å². The molecule has 0 amide bonds. The molecule has 0 N–H and O–H groups in total. The van der Waals surface area contributed by atoms with E-state index in [1.807, 2.05) is 6.07 Å². The molecule has 1 aliphatic rings. The van der Waals surface area contributed by atoms with Gasteiger partial charge in [-0.1, -0.05) is 0 Å². The fourth-order valence-corrected chi connectivity index (χ4v) is 2.76. The van der Waals surface area contributed by atoms with Crippen LogP contribution in [0.2, 0.25) is 0 Å². The van der Waals surface area contributed by atoms with E-state index in [-0.39, 0.29) is 0 Å². The zero-order chi connectivity index (χ0) is 11.2. The molecule has 0 unspecified atom stereocenters. The third-order valence-corrected chi connectivity index (χ3v) is 3.87. The second-order valence-electron chi connectivity index (χ2n) is 3.98. The largest absolute Gasteiger partial charge is 0.379 e. The van der Waals surface area contributed by atoms with E-state index >= 15 is 0 Å². The summed E-state index contributed by atoms with van der Waals surface area (Å²) in [7, 11) is 0. The zero-order valence-electron chi connectivity index (χ0n) is 9.35. The van der Waals surface area contributed by atoms with Gasteiger partial charge in [0.15, 0.2) is 6.29 Å². The van der Waals surface area contributed by atoms with Crippen molar-refractivity contribution < 1.29 is 9.53 Å². The van der Waals surface area contributed by atoms with Crippen LogP contribution in [0, 0.1) is 0 Å². The number of carbonyl (C=O) groups is 1. The lowest BCUT2D eigenvalue weighted by Crippen LogP contribution is -2.36. The number of rotatable bonds is 5. The first kappa shape index (κ1) is 11.8. The maximum Gasteiger partial charge on any atom is 0.160 e. The first-order valence-electron chi connectivity index (χ1n) is 5.72. The fourth-order valence-electron chi connectivity index (χ4n) is 1.89. The number of hydrogen-bond acceptors (Lipinski definition) is 4. The SMILES string of the molecule is O=Cc1ccc(CCCN2CCOCC2)s1. The van der Waals surface area contributed by atoms with Gasteiger partial charge in [0.05, 0.1) is 18.1 Å². The van der Waals surface area contributed by atoms with Crippen LogP contribution in [-0.4, -0.2) is 44.0 Å². The minimum absolute atomic E-state index is 0.835. The Labute approximate surface area is 100 Å². The predicted molar refractivity (Wildman–Crippen MR) is 65.3 cm³/mol. The van der Waals surface area contributed by atoms with Gasteiger partial charge in [-0.2, -0.15) is 0 Å². The summed E-state index contributed by atoms with van der Waals surface area (Å²) in [5, 5.41) is 0. The maximum atomic E-state index is 10.5. The molecule has 0 bridgehead atoms. The van der Waals surface area contributed by atoms with Gasteiger partial charge in [0.1, 0.15) is 0 Å².